The van der Waals surface area contributed by atoms with Crippen molar-refractivity contribution >= 4 is 24.1 Å². The lowest BCUT2D eigenvalue weighted by atomic mass is 10.0. The molecule has 0 radical (unpaired) electrons. The summed E-state index contributed by atoms with van der Waals surface area (Å²) in [5, 5.41) is 0. The largest absolute Gasteiger partial charge is 0.462 e. The van der Waals surface area contributed by atoms with Gasteiger partial charge in [-0.05, 0) is 67.6 Å². The first-order valence-electron chi connectivity index (χ1n) is 12.8. The van der Waals surface area contributed by atoms with E-state index in [2.05, 4.69) is 9.97 Å². The van der Waals surface area contributed by atoms with Crippen LogP contribution in [0, 0.1) is 11.6 Å². The van der Waals surface area contributed by atoms with Gasteiger partial charge in [-0.1, -0.05) is 48.6 Å². The third-order valence-electron chi connectivity index (χ3n) is 5.73. The maximum absolute atomic E-state index is 13.6. The molecule has 0 aliphatic heterocycles. The first-order valence-corrected chi connectivity index (χ1v) is 12.8. The molecular formula is C32H30F2N2O4. The minimum atomic E-state index is -0.436. The summed E-state index contributed by atoms with van der Waals surface area (Å²) < 4.78 is 37.0. The highest BCUT2D eigenvalue weighted by molar-refractivity contribution is 5.94. The van der Waals surface area contributed by atoms with Crippen molar-refractivity contribution in [3.63, 3.8) is 0 Å². The van der Waals surface area contributed by atoms with Gasteiger partial charge in [-0.3, -0.25) is 9.97 Å². The number of nitrogens with zero attached hydrogens (tertiary/aromatic N) is 2. The zero-order chi connectivity index (χ0) is 28.7. The molecular weight excluding hydrogens is 514 g/mol. The Hall–Kier alpha value is -4.72. The Labute approximate surface area is 232 Å². The van der Waals surface area contributed by atoms with Crippen LogP contribution in [-0.4, -0.2) is 35.1 Å². The third kappa shape index (κ3) is 8.66. The quantitative estimate of drug-likeness (QED) is 0.217. The molecule has 0 amide bonds. The van der Waals surface area contributed by atoms with Crippen molar-refractivity contribution in [2.24, 2.45) is 0 Å². The van der Waals surface area contributed by atoms with Gasteiger partial charge in [0.25, 0.3) is 0 Å². The lowest BCUT2D eigenvalue weighted by Gasteiger charge is -2.08. The van der Waals surface area contributed by atoms with Crippen molar-refractivity contribution in [3.05, 3.63) is 130 Å². The van der Waals surface area contributed by atoms with E-state index in [1.807, 2.05) is 0 Å². The molecule has 4 rings (SSSR count). The van der Waals surface area contributed by atoms with Crippen LogP contribution in [0.5, 0.6) is 0 Å². The molecule has 6 nitrogen and oxygen atoms in total. The number of aromatic nitrogens is 2. The van der Waals surface area contributed by atoms with E-state index >= 15 is 0 Å². The van der Waals surface area contributed by atoms with Crippen molar-refractivity contribution in [1.29, 1.82) is 0 Å². The van der Waals surface area contributed by atoms with Gasteiger partial charge in [0.05, 0.1) is 24.3 Å². The maximum Gasteiger partial charge on any atom is 0.340 e. The Morgan fingerprint density at radius 1 is 0.675 bits per heavy atom. The number of hydrogen-bond donors (Lipinski definition) is 0. The molecule has 0 unspecified atom stereocenters. The monoisotopic (exact) mass is 544 g/mol. The molecule has 0 fully saturated rings. The van der Waals surface area contributed by atoms with Gasteiger partial charge in [-0.15, -0.1) is 0 Å². The molecule has 0 saturated carbocycles. The molecule has 4 aromatic rings. The highest BCUT2D eigenvalue weighted by atomic mass is 19.1. The van der Waals surface area contributed by atoms with E-state index in [4.69, 9.17) is 9.47 Å². The second-order valence-corrected chi connectivity index (χ2v) is 8.38. The number of halogens is 2. The van der Waals surface area contributed by atoms with Crippen molar-refractivity contribution < 1.29 is 27.8 Å². The summed E-state index contributed by atoms with van der Waals surface area (Å²) in [4.78, 5) is 31.4. The highest BCUT2D eigenvalue weighted by Gasteiger charge is 2.13. The van der Waals surface area contributed by atoms with Gasteiger partial charge in [0.2, 0.25) is 0 Å². The summed E-state index contributed by atoms with van der Waals surface area (Å²) in [7, 11) is 0. The average Bonchev–Trinajstić information content (AvgIpc) is 2.97. The fourth-order valence-corrected chi connectivity index (χ4v) is 3.72. The minimum absolute atomic E-state index is 0.223. The Morgan fingerprint density at radius 3 is 1.90 bits per heavy atom. The van der Waals surface area contributed by atoms with Gasteiger partial charge < -0.3 is 9.47 Å². The van der Waals surface area contributed by atoms with Gasteiger partial charge in [0.1, 0.15) is 11.6 Å². The highest BCUT2D eigenvalue weighted by Crippen LogP contribution is 2.16. The summed E-state index contributed by atoms with van der Waals surface area (Å²) in [6, 6.07) is 16.5. The van der Waals surface area contributed by atoms with Gasteiger partial charge in [-0.2, -0.15) is 0 Å². The summed E-state index contributed by atoms with van der Waals surface area (Å²) in [5.74, 6) is -1.35. The fourth-order valence-electron chi connectivity index (χ4n) is 3.72. The number of aryl methyl sites for hydroxylation is 2. The van der Waals surface area contributed by atoms with Crippen LogP contribution in [0.4, 0.5) is 8.78 Å². The summed E-state index contributed by atoms with van der Waals surface area (Å²) >= 11 is 0. The standard InChI is InChI=1S/C16H16FNO2.C16H14FNO2/c2*1-2-20-16(19)14-11-18-10-9-12(14)7-8-13-5-3-4-6-15(13)17/h3-6,9-11H,2,7-8H2,1H3;3-11H,2H2,1H3/b;8-7+. The number of rotatable bonds is 9. The van der Waals surface area contributed by atoms with E-state index in [1.54, 1.807) is 86.9 Å². The third-order valence-corrected chi connectivity index (χ3v) is 5.73. The molecule has 2 heterocycles. The van der Waals surface area contributed by atoms with Gasteiger partial charge >= 0.3 is 11.9 Å². The first-order chi connectivity index (χ1) is 19.4. The first kappa shape index (κ1) is 29.8. The topological polar surface area (TPSA) is 78.4 Å². The minimum Gasteiger partial charge on any atom is -0.462 e. The van der Waals surface area contributed by atoms with Crippen LogP contribution in [0.25, 0.3) is 12.2 Å². The lowest BCUT2D eigenvalue weighted by molar-refractivity contribution is 0.0515. The Morgan fingerprint density at radius 2 is 1.23 bits per heavy atom. The summed E-state index contributed by atoms with van der Waals surface area (Å²) in [6.07, 6.45) is 10.5. The van der Waals surface area contributed by atoms with Crippen LogP contribution in [0.3, 0.4) is 0 Å². The summed E-state index contributed by atoms with van der Waals surface area (Å²) in [5.41, 5.74) is 3.37. The van der Waals surface area contributed by atoms with Gasteiger partial charge in [0.15, 0.2) is 0 Å². The van der Waals surface area contributed by atoms with E-state index in [0.717, 1.165) is 5.56 Å². The molecule has 8 heteroatoms. The number of carbonyl (C=O) groups is 2. The average molecular weight is 545 g/mol. The Bertz CT molecular complexity index is 1460. The van der Waals surface area contributed by atoms with E-state index in [9.17, 15) is 18.4 Å². The predicted octanol–water partition coefficient (Wildman–Crippen LogP) is 6.75. The molecule has 40 heavy (non-hydrogen) atoms. The maximum atomic E-state index is 13.6. The normalized spacial score (nSPS) is 10.5. The molecule has 2 aromatic carbocycles. The smallest absolute Gasteiger partial charge is 0.340 e. The number of hydrogen-bond acceptors (Lipinski definition) is 6. The molecule has 0 N–H and O–H groups in total. The summed E-state index contributed by atoms with van der Waals surface area (Å²) in [6.45, 7) is 4.11. The van der Waals surface area contributed by atoms with Crippen LogP contribution in [0.1, 0.15) is 56.8 Å². The van der Waals surface area contributed by atoms with Crippen molar-refractivity contribution in [2.45, 2.75) is 26.7 Å². The Balaban J connectivity index is 0.000000220. The van der Waals surface area contributed by atoms with E-state index in [-0.39, 0.29) is 17.6 Å². The number of benzene rings is 2. The number of carbonyl (C=O) groups excluding carboxylic acids is 2. The van der Waals surface area contributed by atoms with Crippen LogP contribution >= 0.6 is 0 Å². The van der Waals surface area contributed by atoms with Crippen molar-refractivity contribution in [3.8, 4) is 0 Å². The SMILES string of the molecule is CCOC(=O)c1cnccc1/C=C/c1ccccc1F.CCOC(=O)c1cnccc1CCc1ccccc1F. The van der Waals surface area contributed by atoms with Crippen LogP contribution in [-0.2, 0) is 22.3 Å². The van der Waals surface area contributed by atoms with E-state index < -0.39 is 5.97 Å². The lowest BCUT2D eigenvalue weighted by Crippen LogP contribution is -2.09. The van der Waals surface area contributed by atoms with Crippen LogP contribution in [0.15, 0.2) is 85.5 Å². The van der Waals surface area contributed by atoms with Crippen LogP contribution < -0.4 is 0 Å². The molecule has 2 aromatic heterocycles. The Kier molecular flexibility index (Phi) is 11.7. The molecule has 0 aliphatic rings. The predicted molar refractivity (Wildman–Crippen MR) is 150 cm³/mol. The zero-order valence-corrected chi connectivity index (χ0v) is 22.3. The van der Waals surface area contributed by atoms with Crippen LogP contribution in [0.2, 0.25) is 0 Å². The number of pyridine rings is 2. The van der Waals surface area contributed by atoms with Crippen molar-refractivity contribution in [1.82, 2.24) is 9.97 Å². The van der Waals surface area contributed by atoms with Crippen molar-refractivity contribution in [2.75, 3.05) is 13.2 Å². The molecule has 0 saturated heterocycles. The molecule has 0 aliphatic carbocycles. The number of ether oxygens (including phenoxy) is 2. The zero-order valence-electron chi connectivity index (χ0n) is 22.3. The number of esters is 2. The molecule has 0 spiro atoms. The van der Waals surface area contributed by atoms with E-state index in [1.165, 1.54) is 24.5 Å². The second-order valence-electron chi connectivity index (χ2n) is 8.38. The molecule has 0 atom stereocenters. The van der Waals surface area contributed by atoms with Gasteiger partial charge in [-0.25, -0.2) is 18.4 Å². The fraction of sp³-hybridized carbons (Fsp3) is 0.188. The van der Waals surface area contributed by atoms with Gasteiger partial charge in [0, 0.05) is 30.4 Å². The molecule has 0 bridgehead atoms. The molecule has 206 valence electrons. The van der Waals surface area contributed by atoms with E-state index in [0.29, 0.717) is 53.9 Å². The second kappa shape index (κ2) is 15.6.